The summed E-state index contributed by atoms with van der Waals surface area (Å²) in [5.41, 5.74) is 8.16. The van der Waals surface area contributed by atoms with Gasteiger partial charge in [-0.15, -0.1) is 0 Å². The standard InChI is InChI=1S/C15H24N6O/c1-4-5-13-8-21(19-15(16)10-22-3)11-18-14(13)9-20-7-6-17-12(20)2/h6-7,11H,4-5,8-10H2,1-3H3,(H2,16,19). The lowest BCUT2D eigenvalue weighted by Gasteiger charge is -2.23. The summed E-state index contributed by atoms with van der Waals surface area (Å²) >= 11 is 0. The number of aromatic nitrogens is 2. The Hall–Kier alpha value is -2.15. The SMILES string of the molecule is CCCC1=C(Cn2ccnc2C)N=CN(/N=C(\N)COC)C1. The summed E-state index contributed by atoms with van der Waals surface area (Å²) in [4.78, 5) is 8.82. The van der Waals surface area contributed by atoms with Crippen LogP contribution in [0.1, 0.15) is 25.6 Å². The Morgan fingerprint density at radius 1 is 1.50 bits per heavy atom. The van der Waals surface area contributed by atoms with Crippen molar-refractivity contribution in [3.05, 3.63) is 29.5 Å². The van der Waals surface area contributed by atoms with Crippen LogP contribution in [0.2, 0.25) is 0 Å². The Balaban J connectivity index is 2.13. The van der Waals surface area contributed by atoms with Crippen LogP contribution < -0.4 is 5.73 Å². The number of hydrogen-bond donors (Lipinski definition) is 1. The van der Waals surface area contributed by atoms with Crippen molar-refractivity contribution in [1.82, 2.24) is 14.6 Å². The molecule has 1 aliphatic rings. The molecule has 0 amide bonds. The van der Waals surface area contributed by atoms with Crippen LogP contribution in [0.15, 0.2) is 33.8 Å². The molecule has 0 unspecified atom stereocenters. The van der Waals surface area contributed by atoms with E-state index in [2.05, 4.69) is 26.6 Å². The fourth-order valence-electron chi connectivity index (χ4n) is 2.37. The van der Waals surface area contributed by atoms with E-state index in [0.717, 1.165) is 30.9 Å². The van der Waals surface area contributed by atoms with Gasteiger partial charge in [0.25, 0.3) is 0 Å². The summed E-state index contributed by atoms with van der Waals surface area (Å²) < 4.78 is 7.07. The molecule has 7 nitrogen and oxygen atoms in total. The number of rotatable bonds is 7. The predicted octanol–water partition coefficient (Wildman–Crippen LogP) is 1.51. The highest BCUT2D eigenvalue weighted by atomic mass is 16.5. The highest BCUT2D eigenvalue weighted by Crippen LogP contribution is 2.20. The summed E-state index contributed by atoms with van der Waals surface area (Å²) in [6.07, 6.45) is 7.58. The molecule has 7 heteroatoms. The van der Waals surface area contributed by atoms with E-state index in [4.69, 9.17) is 10.5 Å². The molecule has 0 saturated heterocycles. The quantitative estimate of drug-likeness (QED) is 0.611. The van der Waals surface area contributed by atoms with Crippen LogP contribution in [0.3, 0.4) is 0 Å². The van der Waals surface area contributed by atoms with Crippen LogP contribution in [0.4, 0.5) is 0 Å². The zero-order valence-electron chi connectivity index (χ0n) is 13.5. The minimum Gasteiger partial charge on any atom is -0.384 e. The third kappa shape index (κ3) is 4.17. The van der Waals surface area contributed by atoms with E-state index in [9.17, 15) is 0 Å². The highest BCUT2D eigenvalue weighted by Gasteiger charge is 2.15. The second-order valence-corrected chi connectivity index (χ2v) is 5.27. The van der Waals surface area contributed by atoms with Crippen molar-refractivity contribution in [3.63, 3.8) is 0 Å². The Morgan fingerprint density at radius 3 is 2.95 bits per heavy atom. The molecule has 0 atom stereocenters. The van der Waals surface area contributed by atoms with E-state index in [0.29, 0.717) is 19.0 Å². The van der Waals surface area contributed by atoms with Crippen molar-refractivity contribution in [2.45, 2.75) is 33.2 Å². The fraction of sp³-hybridized carbons (Fsp3) is 0.533. The number of ether oxygens (including phenoxy) is 1. The molecule has 2 heterocycles. The molecule has 2 N–H and O–H groups in total. The molecule has 120 valence electrons. The lowest BCUT2D eigenvalue weighted by molar-refractivity contribution is 0.242. The van der Waals surface area contributed by atoms with Crippen molar-refractivity contribution in [3.8, 4) is 0 Å². The average molecular weight is 304 g/mol. The number of hydrazone groups is 1. The van der Waals surface area contributed by atoms with Gasteiger partial charge in [0, 0.05) is 19.5 Å². The third-order valence-electron chi connectivity index (χ3n) is 3.45. The summed E-state index contributed by atoms with van der Waals surface area (Å²) in [5, 5.41) is 6.07. The molecule has 0 radical (unpaired) electrons. The van der Waals surface area contributed by atoms with E-state index in [1.54, 1.807) is 18.5 Å². The molecule has 1 aromatic heterocycles. The van der Waals surface area contributed by atoms with Gasteiger partial charge in [0.15, 0.2) is 0 Å². The van der Waals surface area contributed by atoms with Crippen LogP contribution in [-0.4, -0.2) is 47.0 Å². The first-order valence-corrected chi connectivity index (χ1v) is 7.45. The molecule has 0 aromatic carbocycles. The highest BCUT2D eigenvalue weighted by molar-refractivity contribution is 5.82. The van der Waals surface area contributed by atoms with Gasteiger partial charge in [-0.3, -0.25) is 0 Å². The van der Waals surface area contributed by atoms with Crippen molar-refractivity contribution in [2.24, 2.45) is 15.8 Å². The van der Waals surface area contributed by atoms with Gasteiger partial charge >= 0.3 is 0 Å². The maximum atomic E-state index is 5.79. The second kappa shape index (κ2) is 7.74. The molecular formula is C15H24N6O. The Kier molecular flexibility index (Phi) is 5.71. The predicted molar refractivity (Wildman–Crippen MR) is 87.6 cm³/mol. The van der Waals surface area contributed by atoms with Crippen LogP contribution in [0.5, 0.6) is 0 Å². The number of nitrogens with zero attached hydrogens (tertiary/aromatic N) is 5. The number of aliphatic imine (C=N–C) groups is 1. The minimum atomic E-state index is 0.318. The minimum absolute atomic E-state index is 0.318. The van der Waals surface area contributed by atoms with E-state index < -0.39 is 0 Å². The Bertz CT molecular complexity index is 587. The third-order valence-corrected chi connectivity index (χ3v) is 3.45. The van der Waals surface area contributed by atoms with Gasteiger partial charge in [0.1, 0.15) is 24.6 Å². The molecule has 2 rings (SSSR count). The van der Waals surface area contributed by atoms with Gasteiger partial charge in [-0.1, -0.05) is 13.3 Å². The monoisotopic (exact) mass is 304 g/mol. The average Bonchev–Trinajstić information content (AvgIpc) is 2.87. The van der Waals surface area contributed by atoms with Gasteiger partial charge in [-0.25, -0.2) is 15.0 Å². The summed E-state index contributed by atoms with van der Waals surface area (Å²) in [7, 11) is 1.60. The van der Waals surface area contributed by atoms with Crippen LogP contribution in [0, 0.1) is 6.92 Å². The summed E-state index contributed by atoms with van der Waals surface area (Å²) in [6.45, 7) is 5.93. The second-order valence-electron chi connectivity index (χ2n) is 5.27. The topological polar surface area (TPSA) is 81.0 Å². The first-order chi connectivity index (χ1) is 10.6. The maximum absolute atomic E-state index is 5.79. The van der Waals surface area contributed by atoms with Gasteiger partial charge in [-0.2, -0.15) is 5.10 Å². The molecule has 1 aliphatic heterocycles. The van der Waals surface area contributed by atoms with E-state index in [1.165, 1.54) is 5.57 Å². The van der Waals surface area contributed by atoms with Crippen molar-refractivity contribution in [1.29, 1.82) is 0 Å². The first-order valence-electron chi connectivity index (χ1n) is 7.45. The van der Waals surface area contributed by atoms with Crippen LogP contribution in [-0.2, 0) is 11.3 Å². The van der Waals surface area contributed by atoms with Gasteiger partial charge in [0.05, 0.1) is 18.8 Å². The van der Waals surface area contributed by atoms with Gasteiger partial charge < -0.3 is 15.0 Å². The maximum Gasteiger partial charge on any atom is 0.146 e. The number of methoxy groups -OCH3 is 1. The van der Waals surface area contributed by atoms with Gasteiger partial charge in [-0.05, 0) is 18.9 Å². The van der Waals surface area contributed by atoms with Crippen LogP contribution in [0.25, 0.3) is 0 Å². The lowest BCUT2D eigenvalue weighted by Crippen LogP contribution is -2.29. The van der Waals surface area contributed by atoms with E-state index >= 15 is 0 Å². The number of allylic oxidation sites excluding steroid dienone is 1. The Morgan fingerprint density at radius 2 is 2.32 bits per heavy atom. The number of aryl methyl sites for hydroxylation is 1. The molecule has 0 fully saturated rings. The van der Waals surface area contributed by atoms with Crippen molar-refractivity contribution in [2.75, 3.05) is 20.3 Å². The van der Waals surface area contributed by atoms with Crippen LogP contribution >= 0.6 is 0 Å². The fourth-order valence-corrected chi connectivity index (χ4v) is 2.37. The molecule has 22 heavy (non-hydrogen) atoms. The normalized spacial score (nSPS) is 15.8. The molecule has 0 aliphatic carbocycles. The molecular weight excluding hydrogens is 280 g/mol. The van der Waals surface area contributed by atoms with Crippen molar-refractivity contribution < 1.29 is 4.74 Å². The van der Waals surface area contributed by atoms with E-state index in [-0.39, 0.29) is 0 Å². The smallest absolute Gasteiger partial charge is 0.146 e. The molecule has 0 saturated carbocycles. The lowest BCUT2D eigenvalue weighted by atomic mass is 10.1. The molecule has 0 spiro atoms. The largest absolute Gasteiger partial charge is 0.384 e. The number of imidazole rings is 1. The first kappa shape index (κ1) is 16.2. The van der Waals surface area contributed by atoms with Crippen molar-refractivity contribution >= 4 is 12.2 Å². The summed E-state index contributed by atoms with van der Waals surface area (Å²) in [6, 6.07) is 0. The number of hydrogen-bond acceptors (Lipinski definition) is 5. The van der Waals surface area contributed by atoms with Gasteiger partial charge in [0.2, 0.25) is 0 Å². The molecule has 0 bridgehead atoms. The number of amidine groups is 1. The molecule has 1 aromatic rings. The summed E-state index contributed by atoms with van der Waals surface area (Å²) in [5.74, 6) is 1.43. The number of nitrogens with two attached hydrogens (primary N) is 1. The Labute approximate surface area is 131 Å². The van der Waals surface area contributed by atoms with E-state index in [1.807, 2.05) is 19.3 Å². The zero-order valence-corrected chi connectivity index (χ0v) is 13.5. The zero-order chi connectivity index (χ0) is 15.9.